The SMILES string of the molecule is COC(=O)/C1=C(\O)c2cc(OC)c(OC)cc2CCC2=C1C(=O)OC2=O. The van der Waals surface area contributed by atoms with E-state index in [4.69, 9.17) is 14.2 Å². The van der Waals surface area contributed by atoms with E-state index in [9.17, 15) is 19.5 Å². The third kappa shape index (κ3) is 2.59. The molecular formula is C18H16O8. The van der Waals surface area contributed by atoms with Crippen LogP contribution < -0.4 is 9.47 Å². The molecule has 0 amide bonds. The van der Waals surface area contributed by atoms with Crippen LogP contribution >= 0.6 is 0 Å². The van der Waals surface area contributed by atoms with Crippen LogP contribution in [0.2, 0.25) is 0 Å². The van der Waals surface area contributed by atoms with Gasteiger partial charge in [0.1, 0.15) is 11.3 Å². The second-order valence-corrected chi connectivity index (χ2v) is 5.61. The molecule has 3 rings (SSSR count). The van der Waals surface area contributed by atoms with Crippen molar-refractivity contribution < 1.29 is 38.4 Å². The Kier molecular flexibility index (Phi) is 4.41. The second-order valence-electron chi connectivity index (χ2n) is 5.61. The molecule has 1 aliphatic carbocycles. The highest BCUT2D eigenvalue weighted by Gasteiger charge is 2.41. The molecule has 0 spiro atoms. The molecule has 0 atom stereocenters. The number of hydrogen-bond acceptors (Lipinski definition) is 8. The van der Waals surface area contributed by atoms with Crippen molar-refractivity contribution in [3.8, 4) is 11.5 Å². The molecule has 136 valence electrons. The quantitative estimate of drug-likeness (QED) is 0.638. The van der Waals surface area contributed by atoms with Gasteiger partial charge in [-0.3, -0.25) is 0 Å². The highest BCUT2D eigenvalue weighted by atomic mass is 16.6. The molecule has 8 nitrogen and oxygen atoms in total. The summed E-state index contributed by atoms with van der Waals surface area (Å²) in [5, 5.41) is 10.8. The molecule has 1 N–H and O–H groups in total. The van der Waals surface area contributed by atoms with Gasteiger partial charge in [-0.15, -0.1) is 0 Å². The van der Waals surface area contributed by atoms with E-state index >= 15 is 0 Å². The number of aryl methyl sites for hydroxylation is 1. The molecule has 8 heteroatoms. The standard InChI is InChI=1S/C18H16O8/c1-23-11-6-8-4-5-9-13(18(22)26-16(9)20)14(17(21)25-3)15(19)10(8)7-12(11)24-2/h6-7,19H,4-5H2,1-3H3/b15-14-. The van der Waals surface area contributed by atoms with Crippen molar-refractivity contribution in [1.29, 1.82) is 0 Å². The molecule has 1 heterocycles. The fourth-order valence-corrected chi connectivity index (χ4v) is 3.06. The Bertz CT molecular complexity index is 891. The zero-order chi connectivity index (χ0) is 19.0. The number of hydrogen-bond donors (Lipinski definition) is 1. The molecule has 0 fully saturated rings. The number of rotatable bonds is 3. The van der Waals surface area contributed by atoms with Gasteiger partial charge in [-0.25, -0.2) is 14.4 Å². The van der Waals surface area contributed by atoms with Crippen LogP contribution in [0.25, 0.3) is 5.76 Å². The Morgan fingerprint density at radius 2 is 1.69 bits per heavy atom. The normalized spacial score (nSPS) is 19.2. The van der Waals surface area contributed by atoms with Gasteiger partial charge in [0.15, 0.2) is 11.5 Å². The van der Waals surface area contributed by atoms with E-state index in [1.165, 1.54) is 20.3 Å². The van der Waals surface area contributed by atoms with Gasteiger partial charge in [-0.1, -0.05) is 0 Å². The predicted octanol–water partition coefficient (Wildman–Crippen LogP) is 1.47. The molecule has 0 bridgehead atoms. The van der Waals surface area contributed by atoms with Gasteiger partial charge in [-0.05, 0) is 30.5 Å². The number of benzene rings is 1. The van der Waals surface area contributed by atoms with Crippen LogP contribution in [0.3, 0.4) is 0 Å². The van der Waals surface area contributed by atoms with Gasteiger partial charge in [0.05, 0.1) is 32.5 Å². The van der Waals surface area contributed by atoms with Gasteiger partial charge in [0.25, 0.3) is 0 Å². The number of aliphatic hydroxyl groups is 1. The van der Waals surface area contributed by atoms with Crippen molar-refractivity contribution in [1.82, 2.24) is 0 Å². The molecule has 26 heavy (non-hydrogen) atoms. The number of esters is 3. The highest BCUT2D eigenvalue weighted by Crippen LogP contribution is 2.40. The minimum atomic E-state index is -0.985. The molecular weight excluding hydrogens is 344 g/mol. The van der Waals surface area contributed by atoms with Crippen molar-refractivity contribution >= 4 is 23.7 Å². The van der Waals surface area contributed by atoms with E-state index < -0.39 is 29.2 Å². The van der Waals surface area contributed by atoms with E-state index in [-0.39, 0.29) is 23.1 Å². The first kappa shape index (κ1) is 17.5. The first-order valence-corrected chi connectivity index (χ1v) is 7.69. The lowest BCUT2D eigenvalue weighted by Gasteiger charge is -2.18. The van der Waals surface area contributed by atoms with Gasteiger partial charge < -0.3 is 24.1 Å². The maximum absolute atomic E-state index is 12.3. The summed E-state index contributed by atoms with van der Waals surface area (Å²) in [6.45, 7) is 0. The summed E-state index contributed by atoms with van der Waals surface area (Å²) in [6, 6.07) is 3.15. The van der Waals surface area contributed by atoms with E-state index in [2.05, 4.69) is 4.74 Å². The summed E-state index contributed by atoms with van der Waals surface area (Å²) >= 11 is 0. The molecule has 0 unspecified atom stereocenters. The lowest BCUT2D eigenvalue weighted by molar-refractivity contribution is -0.151. The number of carbonyl (C=O) groups excluding carboxylic acids is 3. The number of carbonyl (C=O) groups is 3. The lowest BCUT2D eigenvalue weighted by atomic mass is 9.88. The summed E-state index contributed by atoms with van der Waals surface area (Å²) < 4.78 is 19.8. The molecule has 0 aromatic heterocycles. The minimum Gasteiger partial charge on any atom is -0.506 e. The second kappa shape index (κ2) is 6.55. The summed E-state index contributed by atoms with van der Waals surface area (Å²) in [5.74, 6) is -2.50. The molecule has 1 aromatic rings. The average Bonchev–Trinajstić information content (AvgIpc) is 2.90. The largest absolute Gasteiger partial charge is 0.506 e. The topological polar surface area (TPSA) is 108 Å². The number of aliphatic hydroxyl groups excluding tert-OH is 1. The smallest absolute Gasteiger partial charge is 0.347 e. The first-order chi connectivity index (χ1) is 12.4. The summed E-state index contributed by atoms with van der Waals surface area (Å²) in [7, 11) is 4.01. The summed E-state index contributed by atoms with van der Waals surface area (Å²) in [6.07, 6.45) is 0.464. The predicted molar refractivity (Wildman–Crippen MR) is 87.6 cm³/mol. The molecule has 1 aliphatic heterocycles. The first-order valence-electron chi connectivity index (χ1n) is 7.69. The monoisotopic (exact) mass is 360 g/mol. The maximum atomic E-state index is 12.3. The fraction of sp³-hybridized carbons (Fsp3) is 0.278. The van der Waals surface area contributed by atoms with Crippen LogP contribution in [0.4, 0.5) is 0 Å². The van der Waals surface area contributed by atoms with E-state index in [0.717, 1.165) is 7.11 Å². The number of ether oxygens (including phenoxy) is 4. The van der Waals surface area contributed by atoms with Gasteiger partial charge >= 0.3 is 17.9 Å². The van der Waals surface area contributed by atoms with Crippen molar-refractivity contribution in [2.24, 2.45) is 0 Å². The zero-order valence-corrected chi connectivity index (χ0v) is 14.4. The molecule has 0 saturated heterocycles. The Morgan fingerprint density at radius 1 is 1.04 bits per heavy atom. The molecule has 2 aliphatic rings. The third-order valence-electron chi connectivity index (χ3n) is 4.32. The fourth-order valence-electron chi connectivity index (χ4n) is 3.06. The number of methoxy groups -OCH3 is 3. The zero-order valence-electron chi connectivity index (χ0n) is 14.4. The third-order valence-corrected chi connectivity index (χ3v) is 4.32. The Hall–Kier alpha value is -3.29. The van der Waals surface area contributed by atoms with Crippen LogP contribution in [-0.4, -0.2) is 44.3 Å². The summed E-state index contributed by atoms with van der Waals surface area (Å²) in [5.41, 5.74) is 0.246. The van der Waals surface area contributed by atoms with Crippen molar-refractivity contribution in [3.63, 3.8) is 0 Å². The average molecular weight is 360 g/mol. The number of cyclic esters (lactones) is 2. The maximum Gasteiger partial charge on any atom is 0.347 e. The Morgan fingerprint density at radius 3 is 2.31 bits per heavy atom. The lowest BCUT2D eigenvalue weighted by Crippen LogP contribution is -2.17. The van der Waals surface area contributed by atoms with Gasteiger partial charge in [-0.2, -0.15) is 0 Å². The van der Waals surface area contributed by atoms with E-state index in [1.807, 2.05) is 0 Å². The van der Waals surface area contributed by atoms with Crippen molar-refractivity contribution in [2.75, 3.05) is 21.3 Å². The molecule has 0 saturated carbocycles. The molecule has 0 radical (unpaired) electrons. The summed E-state index contributed by atoms with van der Waals surface area (Å²) in [4.78, 5) is 36.4. The van der Waals surface area contributed by atoms with E-state index in [1.54, 1.807) is 6.07 Å². The van der Waals surface area contributed by atoms with Crippen LogP contribution in [0.5, 0.6) is 11.5 Å². The highest BCUT2D eigenvalue weighted by molar-refractivity contribution is 6.21. The minimum absolute atomic E-state index is 0.0300. The van der Waals surface area contributed by atoms with E-state index in [0.29, 0.717) is 23.5 Å². The van der Waals surface area contributed by atoms with Crippen molar-refractivity contribution in [3.05, 3.63) is 40.0 Å². The van der Waals surface area contributed by atoms with Crippen molar-refractivity contribution in [2.45, 2.75) is 12.8 Å². The van der Waals surface area contributed by atoms with Crippen LogP contribution in [0.15, 0.2) is 28.9 Å². The molecule has 1 aromatic carbocycles. The van der Waals surface area contributed by atoms with Gasteiger partial charge in [0.2, 0.25) is 0 Å². The van der Waals surface area contributed by atoms with Crippen LogP contribution in [-0.2, 0) is 30.3 Å². The number of fused-ring (bicyclic) bond motifs is 1. The van der Waals surface area contributed by atoms with Crippen LogP contribution in [0.1, 0.15) is 17.5 Å². The Balaban J connectivity index is 2.33. The Labute approximate surface area is 148 Å². The van der Waals surface area contributed by atoms with Gasteiger partial charge in [0, 0.05) is 5.56 Å². The van der Waals surface area contributed by atoms with Crippen LogP contribution in [0, 0.1) is 0 Å².